The third-order valence-electron chi connectivity index (χ3n) is 3.54. The average molecular weight is 332 g/mol. The van der Waals surface area contributed by atoms with Gasteiger partial charge >= 0.3 is 0 Å². The number of hydrogen-bond acceptors (Lipinski definition) is 3. The van der Waals surface area contributed by atoms with Gasteiger partial charge in [-0.3, -0.25) is 9.59 Å². The number of amides is 2. The van der Waals surface area contributed by atoms with E-state index in [9.17, 15) is 18.4 Å². The van der Waals surface area contributed by atoms with Crippen LogP contribution in [0.4, 0.5) is 20.2 Å². The summed E-state index contributed by atoms with van der Waals surface area (Å²) in [6.07, 6.45) is -0.558. The number of halogens is 2. The molecule has 0 saturated heterocycles. The van der Waals surface area contributed by atoms with Crippen molar-refractivity contribution in [3.05, 3.63) is 53.6 Å². The Balaban J connectivity index is 1.69. The summed E-state index contributed by atoms with van der Waals surface area (Å²) in [5.74, 6) is -2.13. The molecule has 2 N–H and O–H groups in total. The number of benzene rings is 2. The molecule has 2 amide bonds. The second-order valence-electron chi connectivity index (χ2n) is 5.43. The van der Waals surface area contributed by atoms with Crippen LogP contribution in [0.5, 0.6) is 5.75 Å². The Morgan fingerprint density at radius 2 is 2.00 bits per heavy atom. The number of ether oxygens (including phenoxy) is 1. The molecule has 2 aromatic carbocycles. The van der Waals surface area contributed by atoms with Crippen LogP contribution in [-0.2, 0) is 16.0 Å². The normalized spacial score (nSPS) is 16.0. The number of nitrogens with one attached hydrogen (secondary N) is 2. The Morgan fingerprint density at radius 1 is 1.21 bits per heavy atom. The standard InChI is InChI=1S/C17H14F2N2O3/c1-9-17(23)21-14-6-10(2-5-15(14)24-9)7-16(22)20-11-3-4-12(18)13(19)8-11/h2-6,8-9H,7H2,1H3,(H,20,22)(H,21,23). The Morgan fingerprint density at radius 3 is 2.75 bits per heavy atom. The molecule has 7 heteroatoms. The highest BCUT2D eigenvalue weighted by molar-refractivity contribution is 5.98. The lowest BCUT2D eigenvalue weighted by Gasteiger charge is -2.23. The van der Waals surface area contributed by atoms with Crippen LogP contribution in [0.25, 0.3) is 0 Å². The SMILES string of the molecule is CC1Oc2ccc(CC(=O)Nc3ccc(F)c(F)c3)cc2NC1=O. The molecule has 1 atom stereocenters. The highest BCUT2D eigenvalue weighted by Gasteiger charge is 2.23. The third-order valence-corrected chi connectivity index (χ3v) is 3.54. The van der Waals surface area contributed by atoms with Crippen LogP contribution < -0.4 is 15.4 Å². The van der Waals surface area contributed by atoms with E-state index in [1.807, 2.05) is 0 Å². The van der Waals surface area contributed by atoms with Crippen molar-refractivity contribution in [3.8, 4) is 5.75 Å². The summed E-state index contributed by atoms with van der Waals surface area (Å²) in [6, 6.07) is 8.15. The van der Waals surface area contributed by atoms with E-state index in [1.54, 1.807) is 25.1 Å². The summed E-state index contributed by atoms with van der Waals surface area (Å²) in [5.41, 5.74) is 1.31. The van der Waals surface area contributed by atoms with Crippen LogP contribution in [0.1, 0.15) is 12.5 Å². The maximum Gasteiger partial charge on any atom is 0.265 e. The minimum atomic E-state index is -1.03. The van der Waals surface area contributed by atoms with Gasteiger partial charge in [-0.1, -0.05) is 6.07 Å². The highest BCUT2D eigenvalue weighted by Crippen LogP contribution is 2.30. The lowest BCUT2D eigenvalue weighted by atomic mass is 10.1. The number of anilines is 2. The molecule has 0 saturated carbocycles. The Kier molecular flexibility index (Phi) is 4.16. The molecular formula is C17H14F2N2O3. The van der Waals surface area contributed by atoms with Gasteiger partial charge in [0, 0.05) is 11.8 Å². The summed E-state index contributed by atoms with van der Waals surface area (Å²) in [4.78, 5) is 23.6. The zero-order chi connectivity index (χ0) is 17.3. The van der Waals surface area contributed by atoms with E-state index in [0.717, 1.165) is 12.1 Å². The molecule has 0 radical (unpaired) electrons. The van der Waals surface area contributed by atoms with Crippen molar-refractivity contribution in [1.82, 2.24) is 0 Å². The molecule has 1 aliphatic rings. The quantitative estimate of drug-likeness (QED) is 0.908. The third kappa shape index (κ3) is 3.34. The first kappa shape index (κ1) is 15.9. The van der Waals surface area contributed by atoms with E-state index < -0.39 is 23.6 Å². The first-order valence-corrected chi connectivity index (χ1v) is 7.28. The predicted molar refractivity (Wildman–Crippen MR) is 83.9 cm³/mol. The summed E-state index contributed by atoms with van der Waals surface area (Å²) in [5, 5.41) is 5.19. The maximum atomic E-state index is 13.1. The molecule has 0 aliphatic carbocycles. The minimum Gasteiger partial charge on any atom is -0.479 e. The molecule has 1 unspecified atom stereocenters. The predicted octanol–water partition coefficient (Wildman–Crippen LogP) is 2.87. The van der Waals surface area contributed by atoms with Crippen LogP contribution in [-0.4, -0.2) is 17.9 Å². The molecule has 3 rings (SSSR count). The van der Waals surface area contributed by atoms with E-state index in [-0.39, 0.29) is 18.0 Å². The average Bonchev–Trinajstić information content (AvgIpc) is 2.52. The molecule has 0 fully saturated rings. The molecule has 0 spiro atoms. The van der Waals surface area contributed by atoms with Crippen molar-refractivity contribution in [1.29, 1.82) is 0 Å². The fraction of sp³-hybridized carbons (Fsp3) is 0.176. The zero-order valence-electron chi connectivity index (χ0n) is 12.7. The Labute approximate surface area is 136 Å². The van der Waals surface area contributed by atoms with Gasteiger partial charge in [-0.25, -0.2) is 8.78 Å². The number of carbonyl (C=O) groups is 2. The van der Waals surface area contributed by atoms with E-state index in [4.69, 9.17) is 4.74 Å². The lowest BCUT2D eigenvalue weighted by Crippen LogP contribution is -2.34. The van der Waals surface area contributed by atoms with Crippen LogP contribution in [0.3, 0.4) is 0 Å². The van der Waals surface area contributed by atoms with Gasteiger partial charge in [-0.05, 0) is 36.8 Å². The van der Waals surface area contributed by atoms with E-state index in [1.165, 1.54) is 6.07 Å². The van der Waals surface area contributed by atoms with Gasteiger partial charge in [-0.2, -0.15) is 0 Å². The van der Waals surface area contributed by atoms with E-state index >= 15 is 0 Å². The second-order valence-corrected chi connectivity index (χ2v) is 5.43. The fourth-order valence-corrected chi connectivity index (χ4v) is 2.33. The monoisotopic (exact) mass is 332 g/mol. The molecule has 1 heterocycles. The number of carbonyl (C=O) groups excluding carboxylic acids is 2. The van der Waals surface area contributed by atoms with Gasteiger partial charge in [0.1, 0.15) is 5.75 Å². The van der Waals surface area contributed by atoms with Gasteiger partial charge in [-0.15, -0.1) is 0 Å². The van der Waals surface area contributed by atoms with Crippen molar-refractivity contribution in [3.63, 3.8) is 0 Å². The van der Waals surface area contributed by atoms with Crippen molar-refractivity contribution in [2.45, 2.75) is 19.4 Å². The molecular weight excluding hydrogens is 318 g/mol. The van der Waals surface area contributed by atoms with E-state index in [2.05, 4.69) is 10.6 Å². The molecule has 124 valence electrons. The largest absolute Gasteiger partial charge is 0.479 e. The number of fused-ring (bicyclic) bond motifs is 1. The highest BCUT2D eigenvalue weighted by atomic mass is 19.2. The smallest absolute Gasteiger partial charge is 0.265 e. The summed E-state index contributed by atoms with van der Waals surface area (Å²) >= 11 is 0. The maximum absolute atomic E-state index is 13.1. The zero-order valence-corrected chi connectivity index (χ0v) is 12.7. The molecule has 5 nitrogen and oxygen atoms in total. The van der Waals surface area contributed by atoms with E-state index in [0.29, 0.717) is 17.0 Å². The fourth-order valence-electron chi connectivity index (χ4n) is 2.33. The van der Waals surface area contributed by atoms with Crippen molar-refractivity contribution in [2.75, 3.05) is 10.6 Å². The van der Waals surface area contributed by atoms with Crippen molar-refractivity contribution in [2.24, 2.45) is 0 Å². The molecule has 2 aromatic rings. The molecule has 0 bridgehead atoms. The molecule has 1 aliphatic heterocycles. The van der Waals surface area contributed by atoms with Crippen molar-refractivity contribution >= 4 is 23.2 Å². The van der Waals surface area contributed by atoms with Crippen molar-refractivity contribution < 1.29 is 23.1 Å². The Hall–Kier alpha value is -2.96. The van der Waals surface area contributed by atoms with Gasteiger partial charge in [0.05, 0.1) is 12.1 Å². The van der Waals surface area contributed by atoms with Crippen LogP contribution in [0.15, 0.2) is 36.4 Å². The molecule has 24 heavy (non-hydrogen) atoms. The van der Waals surface area contributed by atoms with Crippen LogP contribution in [0.2, 0.25) is 0 Å². The molecule has 0 aromatic heterocycles. The van der Waals surface area contributed by atoms with Gasteiger partial charge in [0.25, 0.3) is 5.91 Å². The van der Waals surface area contributed by atoms with Crippen LogP contribution >= 0.6 is 0 Å². The minimum absolute atomic E-state index is 0.0116. The second kappa shape index (κ2) is 6.27. The topological polar surface area (TPSA) is 67.4 Å². The first-order valence-electron chi connectivity index (χ1n) is 7.28. The summed E-state index contributed by atoms with van der Waals surface area (Å²) in [6.45, 7) is 1.64. The number of rotatable bonds is 3. The van der Waals surface area contributed by atoms with Gasteiger partial charge in [0.2, 0.25) is 5.91 Å². The van der Waals surface area contributed by atoms with Gasteiger partial charge < -0.3 is 15.4 Å². The summed E-state index contributed by atoms with van der Waals surface area (Å²) in [7, 11) is 0. The first-order chi connectivity index (χ1) is 11.4. The summed E-state index contributed by atoms with van der Waals surface area (Å²) < 4.78 is 31.4. The lowest BCUT2D eigenvalue weighted by molar-refractivity contribution is -0.122. The van der Waals surface area contributed by atoms with Crippen LogP contribution in [0, 0.1) is 11.6 Å². The Bertz CT molecular complexity index is 823. The van der Waals surface area contributed by atoms with Gasteiger partial charge in [0.15, 0.2) is 17.7 Å². The number of hydrogen-bond donors (Lipinski definition) is 2.